The van der Waals surface area contributed by atoms with Crippen LogP contribution in [0.4, 0.5) is 0 Å². The van der Waals surface area contributed by atoms with Crippen LogP contribution in [-0.4, -0.2) is 32.7 Å². The van der Waals surface area contributed by atoms with E-state index in [1.165, 1.54) is 16.7 Å². The maximum absolute atomic E-state index is 12.5. The molecule has 0 radical (unpaired) electrons. The Labute approximate surface area is 168 Å². The molecule has 0 saturated carbocycles. The van der Waals surface area contributed by atoms with Gasteiger partial charge in [0.15, 0.2) is 0 Å². The van der Waals surface area contributed by atoms with Gasteiger partial charge in [0.2, 0.25) is 0 Å². The van der Waals surface area contributed by atoms with Gasteiger partial charge in [-0.15, -0.1) is 0 Å². The third-order valence-electron chi connectivity index (χ3n) is 3.69. The minimum Gasteiger partial charge on any atom is -0.481 e. The Morgan fingerprint density at radius 3 is 2.81 bits per heavy atom. The molecule has 0 atom stereocenters. The first-order valence-electron chi connectivity index (χ1n) is 7.77. The van der Waals surface area contributed by atoms with Crippen LogP contribution in [0.1, 0.15) is 18.6 Å². The molecule has 5 nitrogen and oxygen atoms in total. The van der Waals surface area contributed by atoms with Crippen LogP contribution in [0.2, 0.25) is 0 Å². The Morgan fingerprint density at radius 2 is 2.08 bits per heavy atom. The normalized spacial score (nSPS) is 15.9. The van der Waals surface area contributed by atoms with Crippen LogP contribution < -0.4 is 0 Å². The molecule has 0 bridgehead atoms. The largest absolute Gasteiger partial charge is 0.481 e. The van der Waals surface area contributed by atoms with Crippen LogP contribution in [0.3, 0.4) is 0 Å². The maximum atomic E-state index is 12.5. The number of carboxylic acid groups (broad SMARTS) is 1. The van der Waals surface area contributed by atoms with Crippen molar-refractivity contribution >= 4 is 62.2 Å². The smallest absolute Gasteiger partial charge is 0.303 e. The first-order chi connectivity index (χ1) is 12.5. The molecule has 134 valence electrons. The number of carboxylic acids is 1. The van der Waals surface area contributed by atoms with Gasteiger partial charge in [0.05, 0.1) is 4.91 Å². The van der Waals surface area contributed by atoms with Gasteiger partial charge in [-0.2, -0.15) is 0 Å². The van der Waals surface area contributed by atoms with Gasteiger partial charge >= 0.3 is 5.97 Å². The summed E-state index contributed by atoms with van der Waals surface area (Å²) in [7, 11) is 0. The van der Waals surface area contributed by atoms with Gasteiger partial charge in [-0.1, -0.05) is 58.1 Å². The van der Waals surface area contributed by atoms with Crippen molar-refractivity contribution in [1.29, 1.82) is 0 Å². The number of carbonyl (C=O) groups excluding carboxylic acids is 1. The second-order valence-electron chi connectivity index (χ2n) is 5.51. The molecular formula is C18H14BrNO4S2. The number of rotatable bonds is 6. The molecule has 1 N–H and O–H groups in total. The van der Waals surface area contributed by atoms with E-state index < -0.39 is 5.97 Å². The van der Waals surface area contributed by atoms with Crippen LogP contribution >= 0.6 is 39.9 Å². The van der Waals surface area contributed by atoms with Crippen LogP contribution in [-0.2, 0) is 9.59 Å². The van der Waals surface area contributed by atoms with Crippen LogP contribution in [0.25, 0.3) is 17.4 Å². The van der Waals surface area contributed by atoms with E-state index in [0.717, 1.165) is 10.0 Å². The third-order valence-corrected chi connectivity index (χ3v) is 5.75. The third kappa shape index (κ3) is 4.25. The molecule has 1 saturated heterocycles. The number of nitrogens with zero attached hydrogens (tertiary/aromatic N) is 1. The van der Waals surface area contributed by atoms with Gasteiger partial charge in [-0.05, 0) is 24.6 Å². The lowest BCUT2D eigenvalue weighted by atomic mass is 10.2. The number of furan rings is 1. The molecule has 1 aromatic carbocycles. The van der Waals surface area contributed by atoms with E-state index in [0.29, 0.717) is 33.7 Å². The monoisotopic (exact) mass is 451 g/mol. The predicted molar refractivity (Wildman–Crippen MR) is 109 cm³/mol. The van der Waals surface area contributed by atoms with Crippen molar-refractivity contribution in [1.82, 2.24) is 4.90 Å². The quantitative estimate of drug-likeness (QED) is 0.503. The molecule has 8 heteroatoms. The average Bonchev–Trinajstić information content (AvgIpc) is 3.15. The maximum Gasteiger partial charge on any atom is 0.303 e. The molecule has 2 heterocycles. The predicted octanol–water partition coefficient (Wildman–Crippen LogP) is 4.78. The van der Waals surface area contributed by atoms with E-state index in [2.05, 4.69) is 15.9 Å². The molecule has 1 aliphatic rings. The molecule has 0 spiro atoms. The van der Waals surface area contributed by atoms with Crippen molar-refractivity contribution in [3.63, 3.8) is 0 Å². The number of amides is 1. The molecule has 1 aliphatic heterocycles. The van der Waals surface area contributed by atoms with E-state index in [1.54, 1.807) is 12.1 Å². The van der Waals surface area contributed by atoms with E-state index in [-0.39, 0.29) is 12.3 Å². The summed E-state index contributed by atoms with van der Waals surface area (Å²) in [5, 5.41) is 8.71. The summed E-state index contributed by atoms with van der Waals surface area (Å²) in [6.45, 7) is 0.300. The van der Waals surface area contributed by atoms with Crippen molar-refractivity contribution in [3.8, 4) is 11.3 Å². The zero-order valence-electron chi connectivity index (χ0n) is 13.5. The molecule has 26 heavy (non-hydrogen) atoms. The summed E-state index contributed by atoms with van der Waals surface area (Å²) in [6, 6.07) is 11.4. The Kier molecular flexibility index (Phi) is 5.95. The number of thioether (sulfide) groups is 1. The second kappa shape index (κ2) is 8.20. The fourth-order valence-electron chi connectivity index (χ4n) is 2.45. The fraction of sp³-hybridized carbons (Fsp3) is 0.167. The highest BCUT2D eigenvalue weighted by Gasteiger charge is 2.31. The van der Waals surface area contributed by atoms with Crippen molar-refractivity contribution in [2.45, 2.75) is 12.8 Å². The van der Waals surface area contributed by atoms with Crippen LogP contribution in [0.5, 0.6) is 0 Å². The highest BCUT2D eigenvalue weighted by molar-refractivity contribution is 9.10. The number of hydrogen-bond acceptors (Lipinski definition) is 5. The van der Waals surface area contributed by atoms with E-state index in [1.807, 2.05) is 30.3 Å². The molecular weight excluding hydrogens is 438 g/mol. The Balaban J connectivity index is 1.75. The Hall–Kier alpha value is -1.90. The van der Waals surface area contributed by atoms with Crippen molar-refractivity contribution in [2.75, 3.05) is 6.54 Å². The second-order valence-corrected chi connectivity index (χ2v) is 8.04. The number of carbonyl (C=O) groups is 2. The van der Waals surface area contributed by atoms with Gasteiger partial charge in [0.1, 0.15) is 15.8 Å². The number of benzene rings is 1. The lowest BCUT2D eigenvalue weighted by molar-refractivity contribution is -0.137. The SMILES string of the molecule is O=C(O)CCCN1C(=O)/C(=C/c2ccc(-c3ccccc3Br)o2)SC1=S. The topological polar surface area (TPSA) is 70.8 Å². The lowest BCUT2D eigenvalue weighted by Crippen LogP contribution is -2.29. The van der Waals surface area contributed by atoms with Crippen molar-refractivity contribution in [3.05, 3.63) is 51.5 Å². The zero-order valence-corrected chi connectivity index (χ0v) is 16.7. The van der Waals surface area contributed by atoms with Crippen molar-refractivity contribution in [2.24, 2.45) is 0 Å². The Morgan fingerprint density at radius 1 is 1.31 bits per heavy atom. The molecule has 1 fully saturated rings. The van der Waals surface area contributed by atoms with Gasteiger partial charge in [0.25, 0.3) is 5.91 Å². The van der Waals surface area contributed by atoms with E-state index in [9.17, 15) is 9.59 Å². The van der Waals surface area contributed by atoms with E-state index >= 15 is 0 Å². The summed E-state index contributed by atoms with van der Waals surface area (Å²) in [6.07, 6.45) is 2.03. The lowest BCUT2D eigenvalue weighted by Gasteiger charge is -2.13. The fourth-order valence-corrected chi connectivity index (χ4v) is 4.22. The van der Waals surface area contributed by atoms with Gasteiger partial charge in [-0.3, -0.25) is 14.5 Å². The first-order valence-corrected chi connectivity index (χ1v) is 9.79. The summed E-state index contributed by atoms with van der Waals surface area (Å²) < 4.78 is 7.19. The highest BCUT2D eigenvalue weighted by atomic mass is 79.9. The molecule has 1 amide bonds. The Bertz CT molecular complexity index is 906. The van der Waals surface area contributed by atoms with Gasteiger partial charge in [0, 0.05) is 29.1 Å². The van der Waals surface area contributed by atoms with Gasteiger partial charge in [-0.25, -0.2) is 0 Å². The number of thiocarbonyl (C=S) groups is 1. The molecule has 1 aromatic heterocycles. The number of aliphatic carboxylic acids is 1. The molecule has 3 rings (SSSR count). The van der Waals surface area contributed by atoms with E-state index in [4.69, 9.17) is 21.7 Å². The van der Waals surface area contributed by atoms with Crippen molar-refractivity contribution < 1.29 is 19.1 Å². The number of hydrogen-bond donors (Lipinski definition) is 1. The molecule has 2 aromatic rings. The zero-order chi connectivity index (χ0) is 18.7. The summed E-state index contributed by atoms with van der Waals surface area (Å²) in [5.74, 6) is 0.146. The molecule has 0 aliphatic carbocycles. The standard InChI is InChI=1S/C18H14BrNO4S2/c19-13-5-2-1-4-12(13)14-8-7-11(24-14)10-15-17(23)20(18(25)26-15)9-3-6-16(21)22/h1-2,4-5,7-8,10H,3,6,9H2,(H,21,22)/b15-10-. The summed E-state index contributed by atoms with van der Waals surface area (Å²) in [4.78, 5) is 25.0. The average molecular weight is 452 g/mol. The minimum absolute atomic E-state index is 0.00358. The minimum atomic E-state index is -0.888. The van der Waals surface area contributed by atoms with Gasteiger partial charge < -0.3 is 9.52 Å². The highest BCUT2D eigenvalue weighted by Crippen LogP contribution is 2.34. The molecule has 0 unspecified atom stereocenters. The van der Waals surface area contributed by atoms with Crippen LogP contribution in [0.15, 0.2) is 50.2 Å². The summed E-state index contributed by atoms with van der Waals surface area (Å²) >= 11 is 9.92. The summed E-state index contributed by atoms with van der Waals surface area (Å²) in [5.41, 5.74) is 0.924. The number of halogens is 1. The van der Waals surface area contributed by atoms with Crippen LogP contribution in [0, 0.1) is 0 Å². The first kappa shape index (κ1) is 18.9.